The first-order valence-corrected chi connectivity index (χ1v) is 6.72. The smallest absolute Gasteiger partial charge is 0.190 e. The molecule has 0 aromatic heterocycles. The van der Waals surface area contributed by atoms with Gasteiger partial charge in [-0.25, -0.2) is 10.0 Å². The number of anilines is 2. The predicted octanol–water partition coefficient (Wildman–Crippen LogP) is 2.40. The summed E-state index contributed by atoms with van der Waals surface area (Å²) in [5, 5.41) is 3.53. The Kier molecular flexibility index (Phi) is 4.49. The van der Waals surface area contributed by atoms with Gasteiger partial charge in [-0.3, -0.25) is 0 Å². The average molecular weight is 302 g/mol. The number of rotatable bonds is 2. The van der Waals surface area contributed by atoms with E-state index in [1.807, 2.05) is 60.7 Å². The molecule has 0 aliphatic rings. The van der Waals surface area contributed by atoms with Crippen LogP contribution in [0.3, 0.4) is 0 Å². The van der Waals surface area contributed by atoms with E-state index in [4.69, 9.17) is 35.9 Å². The largest absolute Gasteiger partial charge is 0.374 e. The first-order valence-electron chi connectivity index (χ1n) is 5.90. The number of hydrogen-bond acceptors (Lipinski definition) is 2. The van der Waals surface area contributed by atoms with Crippen LogP contribution in [0.5, 0.6) is 0 Å². The van der Waals surface area contributed by atoms with Crippen molar-refractivity contribution in [1.29, 1.82) is 0 Å². The van der Waals surface area contributed by atoms with Crippen LogP contribution in [0, 0.1) is 0 Å². The third-order valence-corrected chi connectivity index (χ3v) is 2.96. The molecule has 2 aromatic carbocycles. The van der Waals surface area contributed by atoms with E-state index in [1.165, 1.54) is 0 Å². The van der Waals surface area contributed by atoms with Gasteiger partial charge >= 0.3 is 0 Å². The fourth-order valence-electron chi connectivity index (χ4n) is 1.82. The lowest BCUT2D eigenvalue weighted by Gasteiger charge is -2.35. The van der Waals surface area contributed by atoms with Crippen molar-refractivity contribution in [2.75, 3.05) is 10.0 Å². The fraction of sp³-hybridized carbons (Fsp3) is 0. The van der Waals surface area contributed by atoms with E-state index in [-0.39, 0.29) is 10.2 Å². The highest BCUT2D eigenvalue weighted by Gasteiger charge is 2.21. The standard InChI is InChI=1S/C14H14N4S2/c15-13(19)17(11-7-3-1-4-8-11)18(14(16)20)12-9-5-2-6-10-12/h1-10H,(H2,15,19)(H2,16,20). The number of nitrogens with two attached hydrogens (primary N) is 2. The van der Waals surface area contributed by atoms with Crippen LogP contribution >= 0.6 is 24.4 Å². The predicted molar refractivity (Wildman–Crippen MR) is 91.4 cm³/mol. The maximum Gasteiger partial charge on any atom is 0.190 e. The van der Waals surface area contributed by atoms with Gasteiger partial charge in [0, 0.05) is 0 Å². The quantitative estimate of drug-likeness (QED) is 0.656. The first kappa shape index (κ1) is 14.2. The van der Waals surface area contributed by atoms with Crippen molar-refractivity contribution in [2.45, 2.75) is 0 Å². The Labute approximate surface area is 128 Å². The van der Waals surface area contributed by atoms with Crippen LogP contribution in [-0.2, 0) is 0 Å². The minimum absolute atomic E-state index is 0.160. The highest BCUT2D eigenvalue weighted by Crippen LogP contribution is 2.22. The van der Waals surface area contributed by atoms with Crippen LogP contribution in [0.15, 0.2) is 60.7 Å². The van der Waals surface area contributed by atoms with Gasteiger partial charge in [0.1, 0.15) is 0 Å². The van der Waals surface area contributed by atoms with Crippen molar-refractivity contribution in [3.8, 4) is 0 Å². The Hall–Kier alpha value is -2.18. The van der Waals surface area contributed by atoms with E-state index < -0.39 is 0 Å². The fourth-order valence-corrected chi connectivity index (χ4v) is 2.20. The van der Waals surface area contributed by atoms with E-state index in [0.717, 1.165) is 11.4 Å². The van der Waals surface area contributed by atoms with Crippen molar-refractivity contribution < 1.29 is 0 Å². The zero-order chi connectivity index (χ0) is 14.5. The summed E-state index contributed by atoms with van der Waals surface area (Å²) in [5.74, 6) is 0. The molecule has 6 heteroatoms. The number of hydrazine groups is 1. The minimum Gasteiger partial charge on any atom is -0.374 e. The summed E-state index contributed by atoms with van der Waals surface area (Å²) >= 11 is 10.3. The lowest BCUT2D eigenvalue weighted by Crippen LogP contribution is -2.54. The average Bonchev–Trinajstić information content (AvgIpc) is 2.45. The molecule has 20 heavy (non-hydrogen) atoms. The highest BCUT2D eigenvalue weighted by molar-refractivity contribution is 7.81. The normalized spacial score (nSPS) is 9.80. The zero-order valence-corrected chi connectivity index (χ0v) is 12.3. The summed E-state index contributed by atoms with van der Waals surface area (Å²) in [5.41, 5.74) is 13.3. The van der Waals surface area contributed by atoms with E-state index in [1.54, 1.807) is 10.0 Å². The van der Waals surface area contributed by atoms with Gasteiger partial charge in [0.05, 0.1) is 11.4 Å². The van der Waals surface area contributed by atoms with Gasteiger partial charge in [-0.1, -0.05) is 36.4 Å². The molecule has 2 aromatic rings. The SMILES string of the molecule is NC(=S)N(c1ccccc1)N(C(N)=S)c1ccccc1. The third-order valence-electron chi connectivity index (χ3n) is 2.62. The molecule has 0 aliphatic carbocycles. The summed E-state index contributed by atoms with van der Waals surface area (Å²) in [7, 11) is 0. The molecule has 0 unspecified atom stereocenters. The molecular weight excluding hydrogens is 288 g/mol. The van der Waals surface area contributed by atoms with Gasteiger partial charge in [0.25, 0.3) is 0 Å². The molecule has 0 saturated heterocycles. The van der Waals surface area contributed by atoms with Crippen molar-refractivity contribution in [3.63, 3.8) is 0 Å². The summed E-state index contributed by atoms with van der Waals surface area (Å²) < 4.78 is 0. The van der Waals surface area contributed by atoms with Crippen molar-refractivity contribution in [2.24, 2.45) is 11.5 Å². The lowest BCUT2D eigenvalue weighted by atomic mass is 10.3. The Bertz CT molecular complexity index is 546. The molecule has 0 atom stereocenters. The molecular formula is C14H14N4S2. The molecule has 0 fully saturated rings. The molecule has 102 valence electrons. The van der Waals surface area contributed by atoms with Crippen LogP contribution < -0.4 is 21.5 Å². The van der Waals surface area contributed by atoms with E-state index in [0.29, 0.717) is 0 Å². The number of para-hydroxylation sites is 2. The number of hydrogen-bond donors (Lipinski definition) is 2. The minimum atomic E-state index is 0.160. The van der Waals surface area contributed by atoms with Crippen LogP contribution in [0.2, 0.25) is 0 Å². The number of nitrogens with zero attached hydrogens (tertiary/aromatic N) is 2. The van der Waals surface area contributed by atoms with Crippen molar-refractivity contribution in [1.82, 2.24) is 0 Å². The molecule has 0 radical (unpaired) electrons. The molecule has 0 heterocycles. The van der Waals surface area contributed by atoms with E-state index >= 15 is 0 Å². The molecule has 0 saturated carbocycles. The molecule has 0 spiro atoms. The lowest BCUT2D eigenvalue weighted by molar-refractivity contribution is 1.06. The monoisotopic (exact) mass is 302 g/mol. The van der Waals surface area contributed by atoms with Crippen molar-refractivity contribution in [3.05, 3.63) is 60.7 Å². The number of thiocarbonyl (C=S) groups is 2. The van der Waals surface area contributed by atoms with Gasteiger partial charge in [-0.2, -0.15) is 0 Å². The number of benzene rings is 2. The summed E-state index contributed by atoms with van der Waals surface area (Å²) in [6, 6.07) is 18.9. The van der Waals surface area contributed by atoms with Crippen LogP contribution in [0.1, 0.15) is 0 Å². The molecule has 2 rings (SSSR count). The van der Waals surface area contributed by atoms with Gasteiger partial charge in [0.2, 0.25) is 0 Å². The third kappa shape index (κ3) is 3.04. The van der Waals surface area contributed by atoms with Gasteiger partial charge in [0.15, 0.2) is 10.2 Å². The maximum absolute atomic E-state index is 5.85. The Morgan fingerprint density at radius 1 is 0.650 bits per heavy atom. The second kappa shape index (κ2) is 6.31. The van der Waals surface area contributed by atoms with Crippen LogP contribution in [0.25, 0.3) is 0 Å². The summed E-state index contributed by atoms with van der Waals surface area (Å²) in [6.45, 7) is 0. The van der Waals surface area contributed by atoms with Gasteiger partial charge in [-0.15, -0.1) is 0 Å². The Morgan fingerprint density at radius 2 is 0.950 bits per heavy atom. The second-order valence-corrected chi connectivity index (χ2v) is 4.81. The Morgan fingerprint density at radius 3 is 1.20 bits per heavy atom. The first-order chi connectivity index (χ1) is 9.61. The molecule has 4 nitrogen and oxygen atoms in total. The maximum atomic E-state index is 5.85. The highest BCUT2D eigenvalue weighted by atomic mass is 32.1. The summed E-state index contributed by atoms with van der Waals surface area (Å²) in [4.78, 5) is 0. The van der Waals surface area contributed by atoms with Crippen LogP contribution in [0.4, 0.5) is 11.4 Å². The summed E-state index contributed by atoms with van der Waals surface area (Å²) in [6.07, 6.45) is 0. The molecule has 0 amide bonds. The molecule has 4 N–H and O–H groups in total. The zero-order valence-electron chi connectivity index (χ0n) is 10.6. The van der Waals surface area contributed by atoms with E-state index in [9.17, 15) is 0 Å². The Balaban J connectivity index is 2.50. The topological polar surface area (TPSA) is 58.5 Å². The molecule has 0 bridgehead atoms. The van der Waals surface area contributed by atoms with Crippen LogP contribution in [-0.4, -0.2) is 10.2 Å². The molecule has 0 aliphatic heterocycles. The van der Waals surface area contributed by atoms with Gasteiger partial charge < -0.3 is 11.5 Å². The van der Waals surface area contributed by atoms with Gasteiger partial charge in [-0.05, 0) is 48.7 Å². The second-order valence-electron chi connectivity index (χ2n) is 3.97. The van der Waals surface area contributed by atoms with Crippen molar-refractivity contribution >= 4 is 46.0 Å². The van der Waals surface area contributed by atoms with E-state index in [2.05, 4.69) is 0 Å².